The molecule has 37 heavy (non-hydrogen) atoms. The molecule has 0 fully saturated rings. The van der Waals surface area contributed by atoms with Crippen LogP contribution in [0.3, 0.4) is 0 Å². The van der Waals surface area contributed by atoms with E-state index in [-0.39, 0.29) is 25.5 Å². The molecule has 1 unspecified atom stereocenters. The Morgan fingerprint density at radius 1 is 1.00 bits per heavy atom. The minimum absolute atomic E-state index is 0.0102. The van der Waals surface area contributed by atoms with Crippen LogP contribution in [-0.4, -0.2) is 54.1 Å². The lowest BCUT2D eigenvalue weighted by molar-refractivity contribution is -0.151. The van der Waals surface area contributed by atoms with Crippen molar-refractivity contribution in [2.75, 3.05) is 24.7 Å². The maximum absolute atomic E-state index is 13.4. The van der Waals surface area contributed by atoms with Crippen LogP contribution in [0.4, 0.5) is 10.5 Å². The number of benzene rings is 2. The Morgan fingerprint density at radius 3 is 2.35 bits per heavy atom. The van der Waals surface area contributed by atoms with Gasteiger partial charge in [0.15, 0.2) is 5.75 Å². The van der Waals surface area contributed by atoms with Crippen molar-refractivity contribution in [1.29, 1.82) is 0 Å². The minimum Gasteiger partial charge on any atom is -0.472 e. The zero-order chi connectivity index (χ0) is 26.7. The van der Waals surface area contributed by atoms with Crippen LogP contribution in [0.25, 0.3) is 10.9 Å². The molecule has 0 saturated heterocycles. The lowest BCUT2D eigenvalue weighted by Gasteiger charge is -2.35. The van der Waals surface area contributed by atoms with Gasteiger partial charge in [-0.15, -0.1) is 0 Å². The van der Waals surface area contributed by atoms with Crippen LogP contribution in [0, 0.1) is 0 Å². The Balaban J connectivity index is 1.91. The second-order valence-corrected chi connectivity index (χ2v) is 9.64. The zero-order valence-corrected chi connectivity index (χ0v) is 21.8. The van der Waals surface area contributed by atoms with Gasteiger partial charge in [-0.1, -0.05) is 36.4 Å². The van der Waals surface area contributed by atoms with Gasteiger partial charge in [-0.2, -0.15) is 0 Å². The summed E-state index contributed by atoms with van der Waals surface area (Å²) in [4.78, 5) is 41.1. The number of rotatable bonds is 6. The SMILES string of the molecule is CCOC(=O)c1cc2ccc3c(c2n1C(=O)OC(C)(C)C)OC(C(=O)OCC)CN3Cc1ccccc1. The van der Waals surface area contributed by atoms with Crippen LogP contribution < -0.4 is 9.64 Å². The van der Waals surface area contributed by atoms with Gasteiger partial charge in [0, 0.05) is 11.9 Å². The summed E-state index contributed by atoms with van der Waals surface area (Å²) in [6.45, 7) is 9.74. The fraction of sp³-hybridized carbons (Fsp3) is 0.393. The summed E-state index contributed by atoms with van der Waals surface area (Å²) < 4.78 is 23.5. The van der Waals surface area contributed by atoms with E-state index in [1.54, 1.807) is 40.7 Å². The predicted molar refractivity (Wildman–Crippen MR) is 138 cm³/mol. The number of aromatic nitrogens is 1. The van der Waals surface area contributed by atoms with Gasteiger partial charge in [-0.05, 0) is 52.3 Å². The standard InChI is InChI=1S/C28H32N2O7/c1-6-34-25(31)21-15-19-13-14-20-24(23(19)30(21)27(33)37-28(3,4)5)36-22(26(32)35-7-2)17-29(20)16-18-11-9-8-10-12-18/h8-15,22H,6-7,16-17H2,1-5H3. The van der Waals surface area contributed by atoms with Gasteiger partial charge >= 0.3 is 18.0 Å². The molecule has 2 aromatic carbocycles. The van der Waals surface area contributed by atoms with Crippen LogP contribution in [0.1, 0.15) is 50.7 Å². The van der Waals surface area contributed by atoms with Gasteiger partial charge in [-0.25, -0.2) is 19.0 Å². The van der Waals surface area contributed by atoms with Gasteiger partial charge < -0.3 is 23.8 Å². The maximum Gasteiger partial charge on any atom is 0.419 e. The molecule has 0 amide bonds. The number of ether oxygens (including phenoxy) is 4. The fourth-order valence-corrected chi connectivity index (χ4v) is 4.26. The van der Waals surface area contributed by atoms with Crippen LogP contribution in [0.5, 0.6) is 5.75 Å². The molecular weight excluding hydrogens is 476 g/mol. The Bertz CT molecular complexity index is 1310. The summed E-state index contributed by atoms with van der Waals surface area (Å²) >= 11 is 0. The summed E-state index contributed by atoms with van der Waals surface area (Å²) in [5.74, 6) is -0.888. The molecule has 0 bridgehead atoms. The summed E-state index contributed by atoms with van der Waals surface area (Å²) in [5, 5.41) is 0.567. The molecule has 1 aromatic heterocycles. The summed E-state index contributed by atoms with van der Waals surface area (Å²) in [6.07, 6.45) is -1.69. The highest BCUT2D eigenvalue weighted by atomic mass is 16.6. The monoisotopic (exact) mass is 508 g/mol. The summed E-state index contributed by atoms with van der Waals surface area (Å²) in [7, 11) is 0. The van der Waals surface area contributed by atoms with E-state index in [0.29, 0.717) is 28.9 Å². The van der Waals surface area contributed by atoms with Gasteiger partial charge in [0.25, 0.3) is 0 Å². The Labute approximate surface area is 215 Å². The van der Waals surface area contributed by atoms with E-state index < -0.39 is 29.7 Å². The molecule has 9 nitrogen and oxygen atoms in total. The van der Waals surface area contributed by atoms with E-state index in [1.807, 2.05) is 47.4 Å². The molecule has 4 rings (SSSR count). The number of anilines is 1. The third-order valence-electron chi connectivity index (χ3n) is 5.71. The topological polar surface area (TPSA) is 96.3 Å². The molecular formula is C28H32N2O7. The molecule has 3 aromatic rings. The Hall–Kier alpha value is -4.01. The first-order valence-electron chi connectivity index (χ1n) is 12.3. The number of hydrogen-bond donors (Lipinski definition) is 0. The highest BCUT2D eigenvalue weighted by molar-refractivity contribution is 6.05. The third kappa shape index (κ3) is 5.55. The van der Waals surface area contributed by atoms with Crippen molar-refractivity contribution in [3.8, 4) is 5.75 Å². The molecule has 0 N–H and O–H groups in total. The molecule has 9 heteroatoms. The summed E-state index contributed by atoms with van der Waals surface area (Å²) in [6, 6.07) is 15.1. The first-order chi connectivity index (χ1) is 17.6. The number of esters is 2. The molecule has 0 aliphatic carbocycles. The highest BCUT2D eigenvalue weighted by Gasteiger charge is 2.36. The van der Waals surface area contributed by atoms with E-state index in [0.717, 1.165) is 5.56 Å². The molecule has 1 aliphatic heterocycles. The van der Waals surface area contributed by atoms with Gasteiger partial charge in [0.05, 0.1) is 25.4 Å². The number of nitrogens with zero attached hydrogens (tertiary/aromatic N) is 2. The molecule has 0 radical (unpaired) electrons. The average Bonchev–Trinajstić information content (AvgIpc) is 3.24. The van der Waals surface area contributed by atoms with E-state index in [1.165, 1.54) is 4.57 Å². The number of hydrogen-bond acceptors (Lipinski definition) is 8. The van der Waals surface area contributed by atoms with E-state index in [9.17, 15) is 14.4 Å². The smallest absolute Gasteiger partial charge is 0.419 e. The Morgan fingerprint density at radius 2 is 1.70 bits per heavy atom. The average molecular weight is 509 g/mol. The van der Waals surface area contributed by atoms with E-state index in [2.05, 4.69) is 0 Å². The molecule has 2 heterocycles. The molecule has 196 valence electrons. The predicted octanol–water partition coefficient (Wildman–Crippen LogP) is 4.93. The van der Waals surface area contributed by atoms with Crippen molar-refractivity contribution in [1.82, 2.24) is 4.57 Å². The minimum atomic E-state index is -0.935. The Kier molecular flexibility index (Phi) is 7.42. The van der Waals surface area contributed by atoms with E-state index >= 15 is 0 Å². The molecule has 1 atom stereocenters. The largest absolute Gasteiger partial charge is 0.472 e. The molecule has 1 aliphatic rings. The second-order valence-electron chi connectivity index (χ2n) is 9.64. The molecule has 0 spiro atoms. The normalized spacial score (nSPS) is 15.1. The van der Waals surface area contributed by atoms with Crippen molar-refractivity contribution in [2.24, 2.45) is 0 Å². The quantitative estimate of drug-likeness (QED) is 0.342. The highest BCUT2D eigenvalue weighted by Crippen LogP contribution is 2.42. The lowest BCUT2D eigenvalue weighted by atomic mass is 10.1. The first kappa shape index (κ1) is 26.1. The number of carbonyl (C=O) groups excluding carboxylic acids is 3. The van der Waals surface area contributed by atoms with Crippen LogP contribution in [0.2, 0.25) is 0 Å². The molecule has 0 saturated carbocycles. The van der Waals surface area contributed by atoms with Gasteiger partial charge in [-0.3, -0.25) is 0 Å². The van der Waals surface area contributed by atoms with Gasteiger partial charge in [0.2, 0.25) is 6.10 Å². The number of fused-ring (bicyclic) bond motifs is 3. The van der Waals surface area contributed by atoms with Crippen LogP contribution in [0.15, 0.2) is 48.5 Å². The maximum atomic E-state index is 13.4. The lowest BCUT2D eigenvalue weighted by Crippen LogP contribution is -2.45. The second kappa shape index (κ2) is 10.5. The van der Waals surface area contributed by atoms with Gasteiger partial charge in [0.1, 0.15) is 16.8 Å². The van der Waals surface area contributed by atoms with Crippen molar-refractivity contribution >= 4 is 34.6 Å². The zero-order valence-electron chi connectivity index (χ0n) is 21.8. The third-order valence-corrected chi connectivity index (χ3v) is 5.71. The van der Waals surface area contributed by atoms with Crippen molar-refractivity contribution in [3.05, 3.63) is 59.8 Å². The summed E-state index contributed by atoms with van der Waals surface area (Å²) in [5.41, 5.74) is 1.23. The van der Waals surface area contributed by atoms with Crippen molar-refractivity contribution < 1.29 is 33.3 Å². The van der Waals surface area contributed by atoms with Crippen molar-refractivity contribution in [2.45, 2.75) is 52.9 Å². The van der Waals surface area contributed by atoms with Crippen LogP contribution >= 0.6 is 0 Å². The van der Waals surface area contributed by atoms with Crippen LogP contribution in [-0.2, 0) is 25.5 Å². The fourth-order valence-electron chi connectivity index (χ4n) is 4.26. The number of carbonyl (C=O) groups is 3. The van der Waals surface area contributed by atoms with Crippen molar-refractivity contribution in [3.63, 3.8) is 0 Å². The first-order valence-corrected chi connectivity index (χ1v) is 12.3. The van der Waals surface area contributed by atoms with E-state index in [4.69, 9.17) is 18.9 Å².